The lowest BCUT2D eigenvalue weighted by molar-refractivity contribution is 0.119. The average Bonchev–Trinajstić information content (AvgIpc) is 2.73. The zero-order valence-electron chi connectivity index (χ0n) is 11.6. The second kappa shape index (κ2) is 6.44. The third-order valence-corrected chi connectivity index (χ3v) is 5.60. The first-order chi connectivity index (χ1) is 8.18. The molecule has 0 aromatic rings. The van der Waals surface area contributed by atoms with Crippen LogP contribution in [0.25, 0.3) is 0 Å². The summed E-state index contributed by atoms with van der Waals surface area (Å²) in [5.74, 6) is 2.24. The Morgan fingerprint density at radius 3 is 2.71 bits per heavy atom. The second-order valence-electron chi connectivity index (χ2n) is 5.93. The van der Waals surface area contributed by atoms with Gasteiger partial charge < -0.3 is 5.32 Å². The fourth-order valence-electron chi connectivity index (χ4n) is 3.26. The molecule has 2 heterocycles. The average molecular weight is 256 g/mol. The minimum Gasteiger partial charge on any atom is -0.316 e. The lowest BCUT2D eigenvalue weighted by Crippen LogP contribution is -2.48. The molecule has 17 heavy (non-hydrogen) atoms. The SMILES string of the molecule is CC1SCCC1N(CC1CCCNC1)C(C)C. The van der Waals surface area contributed by atoms with E-state index in [0.29, 0.717) is 6.04 Å². The van der Waals surface area contributed by atoms with Crippen LogP contribution in [0.2, 0.25) is 0 Å². The summed E-state index contributed by atoms with van der Waals surface area (Å²) in [5.41, 5.74) is 0. The summed E-state index contributed by atoms with van der Waals surface area (Å²) >= 11 is 2.16. The van der Waals surface area contributed by atoms with Gasteiger partial charge in [0, 0.05) is 23.9 Å². The Balaban J connectivity index is 1.91. The van der Waals surface area contributed by atoms with Crippen molar-refractivity contribution in [2.45, 2.75) is 57.4 Å². The van der Waals surface area contributed by atoms with Gasteiger partial charge in [-0.15, -0.1) is 0 Å². The van der Waals surface area contributed by atoms with Crippen LogP contribution in [0.3, 0.4) is 0 Å². The number of rotatable bonds is 4. The molecule has 0 aromatic carbocycles. The summed E-state index contributed by atoms with van der Waals surface area (Å²) in [4.78, 5) is 2.78. The van der Waals surface area contributed by atoms with E-state index in [2.05, 4.69) is 42.7 Å². The van der Waals surface area contributed by atoms with Gasteiger partial charge in [-0.05, 0) is 57.9 Å². The van der Waals surface area contributed by atoms with Gasteiger partial charge >= 0.3 is 0 Å². The molecule has 3 unspecified atom stereocenters. The van der Waals surface area contributed by atoms with Crippen molar-refractivity contribution in [3.05, 3.63) is 0 Å². The molecule has 3 atom stereocenters. The normalized spacial score (nSPS) is 34.8. The van der Waals surface area contributed by atoms with Gasteiger partial charge in [-0.1, -0.05) is 6.92 Å². The molecule has 2 rings (SSSR count). The highest BCUT2D eigenvalue weighted by molar-refractivity contribution is 8.00. The van der Waals surface area contributed by atoms with Crippen molar-refractivity contribution in [2.24, 2.45) is 5.92 Å². The van der Waals surface area contributed by atoms with E-state index in [4.69, 9.17) is 0 Å². The molecule has 0 spiro atoms. The van der Waals surface area contributed by atoms with Gasteiger partial charge in [-0.2, -0.15) is 11.8 Å². The molecule has 0 saturated carbocycles. The first-order valence-electron chi connectivity index (χ1n) is 7.26. The summed E-state index contributed by atoms with van der Waals surface area (Å²) in [6.07, 6.45) is 4.18. The van der Waals surface area contributed by atoms with Gasteiger partial charge in [0.05, 0.1) is 0 Å². The van der Waals surface area contributed by atoms with E-state index in [-0.39, 0.29) is 0 Å². The maximum absolute atomic E-state index is 3.55. The van der Waals surface area contributed by atoms with Crippen LogP contribution in [0.5, 0.6) is 0 Å². The Labute approximate surface area is 111 Å². The fraction of sp³-hybridized carbons (Fsp3) is 1.00. The lowest BCUT2D eigenvalue weighted by Gasteiger charge is -2.38. The van der Waals surface area contributed by atoms with Crippen LogP contribution in [-0.2, 0) is 0 Å². The van der Waals surface area contributed by atoms with Gasteiger partial charge in [-0.3, -0.25) is 4.90 Å². The van der Waals surface area contributed by atoms with E-state index in [1.54, 1.807) is 0 Å². The van der Waals surface area contributed by atoms with Gasteiger partial charge in [0.2, 0.25) is 0 Å². The minimum atomic E-state index is 0.697. The highest BCUT2D eigenvalue weighted by Crippen LogP contribution is 2.32. The largest absolute Gasteiger partial charge is 0.316 e. The summed E-state index contributed by atoms with van der Waals surface area (Å²) in [6, 6.07) is 1.52. The molecular formula is C14H28N2S. The third-order valence-electron chi connectivity index (χ3n) is 4.29. The number of hydrogen-bond acceptors (Lipinski definition) is 3. The van der Waals surface area contributed by atoms with Gasteiger partial charge in [0.25, 0.3) is 0 Å². The first kappa shape index (κ1) is 13.7. The molecule has 2 nitrogen and oxygen atoms in total. The maximum Gasteiger partial charge on any atom is 0.0222 e. The standard InChI is InChI=1S/C14H28N2S/c1-11(2)16(14-6-8-17-12(14)3)10-13-5-4-7-15-9-13/h11-15H,4-10H2,1-3H3. The smallest absolute Gasteiger partial charge is 0.0222 e. The number of hydrogen-bond donors (Lipinski definition) is 1. The number of nitrogens with zero attached hydrogens (tertiary/aromatic N) is 1. The van der Waals surface area contributed by atoms with Crippen molar-refractivity contribution < 1.29 is 0 Å². The molecule has 2 aliphatic heterocycles. The van der Waals surface area contributed by atoms with Crippen molar-refractivity contribution in [3.63, 3.8) is 0 Å². The van der Waals surface area contributed by atoms with E-state index >= 15 is 0 Å². The predicted octanol–water partition coefficient (Wildman–Crippen LogP) is 2.59. The van der Waals surface area contributed by atoms with Crippen LogP contribution in [0.15, 0.2) is 0 Å². The van der Waals surface area contributed by atoms with Gasteiger partial charge in [0.1, 0.15) is 0 Å². The molecular weight excluding hydrogens is 228 g/mol. The minimum absolute atomic E-state index is 0.697. The van der Waals surface area contributed by atoms with E-state index in [1.165, 1.54) is 44.6 Å². The van der Waals surface area contributed by atoms with Crippen LogP contribution in [0.1, 0.15) is 40.0 Å². The Morgan fingerprint density at radius 1 is 1.35 bits per heavy atom. The molecule has 1 N–H and O–H groups in total. The van der Waals surface area contributed by atoms with Gasteiger partial charge in [-0.25, -0.2) is 0 Å². The number of piperidine rings is 1. The summed E-state index contributed by atoms with van der Waals surface area (Å²) in [7, 11) is 0. The van der Waals surface area contributed by atoms with Gasteiger partial charge in [0.15, 0.2) is 0 Å². The van der Waals surface area contributed by atoms with Crippen molar-refractivity contribution >= 4 is 11.8 Å². The monoisotopic (exact) mass is 256 g/mol. The predicted molar refractivity (Wildman–Crippen MR) is 77.8 cm³/mol. The maximum atomic E-state index is 3.55. The molecule has 2 saturated heterocycles. The van der Waals surface area contributed by atoms with E-state index in [0.717, 1.165) is 17.2 Å². The molecule has 0 aliphatic carbocycles. The summed E-state index contributed by atoms with van der Waals surface area (Å²) in [6.45, 7) is 10.9. The zero-order valence-corrected chi connectivity index (χ0v) is 12.4. The molecule has 0 bridgehead atoms. The number of nitrogens with one attached hydrogen (secondary N) is 1. The molecule has 100 valence electrons. The van der Waals surface area contributed by atoms with Crippen LogP contribution in [0.4, 0.5) is 0 Å². The van der Waals surface area contributed by atoms with Crippen LogP contribution >= 0.6 is 11.8 Å². The zero-order chi connectivity index (χ0) is 12.3. The number of thioether (sulfide) groups is 1. The topological polar surface area (TPSA) is 15.3 Å². The Kier molecular flexibility index (Phi) is 5.19. The van der Waals surface area contributed by atoms with Crippen LogP contribution in [-0.4, -0.2) is 47.6 Å². The Hall–Kier alpha value is 0.270. The second-order valence-corrected chi connectivity index (χ2v) is 7.42. The molecule has 0 amide bonds. The quantitative estimate of drug-likeness (QED) is 0.832. The highest BCUT2D eigenvalue weighted by Gasteiger charge is 2.32. The molecule has 0 aromatic heterocycles. The van der Waals surface area contributed by atoms with Crippen LogP contribution in [0, 0.1) is 5.92 Å². The van der Waals surface area contributed by atoms with E-state index in [9.17, 15) is 0 Å². The molecule has 0 radical (unpaired) electrons. The molecule has 2 fully saturated rings. The lowest BCUT2D eigenvalue weighted by atomic mass is 9.96. The first-order valence-corrected chi connectivity index (χ1v) is 8.31. The Morgan fingerprint density at radius 2 is 2.18 bits per heavy atom. The van der Waals surface area contributed by atoms with Crippen molar-refractivity contribution in [1.29, 1.82) is 0 Å². The fourth-order valence-corrected chi connectivity index (χ4v) is 4.53. The Bertz CT molecular complexity index is 226. The van der Waals surface area contributed by atoms with E-state index < -0.39 is 0 Å². The molecule has 3 heteroatoms. The van der Waals surface area contributed by atoms with Crippen molar-refractivity contribution in [3.8, 4) is 0 Å². The molecule has 2 aliphatic rings. The summed E-state index contributed by atoms with van der Waals surface area (Å²) in [5, 5.41) is 4.38. The van der Waals surface area contributed by atoms with Crippen molar-refractivity contribution in [1.82, 2.24) is 10.2 Å². The van der Waals surface area contributed by atoms with Crippen LogP contribution < -0.4 is 5.32 Å². The van der Waals surface area contributed by atoms with E-state index in [1.807, 2.05) is 0 Å². The highest BCUT2D eigenvalue weighted by atomic mass is 32.2. The third kappa shape index (κ3) is 3.62. The summed E-state index contributed by atoms with van der Waals surface area (Å²) < 4.78 is 0. The van der Waals surface area contributed by atoms with Crippen molar-refractivity contribution in [2.75, 3.05) is 25.4 Å².